The molecule has 0 aromatic rings. The van der Waals surface area contributed by atoms with Crippen LogP contribution >= 0.6 is 0 Å². The van der Waals surface area contributed by atoms with Crippen LogP contribution in [0.1, 0.15) is 46.0 Å². The summed E-state index contributed by atoms with van der Waals surface area (Å²) in [6.07, 6.45) is 5.50. The average Bonchev–Trinajstić information content (AvgIpc) is 2.19. The molecular weight excluding hydrogens is 178 g/mol. The van der Waals surface area contributed by atoms with E-state index in [2.05, 4.69) is 5.32 Å². The zero-order valence-corrected chi connectivity index (χ0v) is 9.01. The van der Waals surface area contributed by atoms with Crippen LogP contribution in [0.2, 0.25) is 0 Å². The predicted octanol–water partition coefficient (Wildman–Crippen LogP) is 1.66. The molecule has 0 saturated heterocycles. The number of rotatable bonds is 3. The third-order valence-electron chi connectivity index (χ3n) is 2.94. The van der Waals surface area contributed by atoms with Crippen molar-refractivity contribution < 1.29 is 9.59 Å². The minimum absolute atomic E-state index is 0.0224. The van der Waals surface area contributed by atoms with E-state index in [1.54, 1.807) is 6.92 Å². The van der Waals surface area contributed by atoms with E-state index in [-0.39, 0.29) is 23.7 Å². The lowest BCUT2D eigenvalue weighted by Gasteiger charge is -2.22. The summed E-state index contributed by atoms with van der Waals surface area (Å²) >= 11 is 0. The molecule has 3 heteroatoms. The molecule has 80 valence electrons. The molecule has 14 heavy (non-hydrogen) atoms. The highest BCUT2D eigenvalue weighted by molar-refractivity contribution is 5.87. The number of nitrogens with one attached hydrogen (secondary N) is 1. The fraction of sp³-hybridized carbons (Fsp3) is 0.818. The Hall–Kier alpha value is -0.860. The first kappa shape index (κ1) is 11.2. The average molecular weight is 197 g/mol. The molecule has 1 aliphatic carbocycles. The predicted molar refractivity (Wildman–Crippen MR) is 54.9 cm³/mol. The quantitative estimate of drug-likeness (QED) is 0.748. The Kier molecular flexibility index (Phi) is 4.11. The lowest BCUT2D eigenvalue weighted by molar-refractivity contribution is -0.129. The smallest absolute Gasteiger partial charge is 0.223 e. The molecule has 0 radical (unpaired) electrons. The van der Waals surface area contributed by atoms with E-state index in [0.29, 0.717) is 0 Å². The van der Waals surface area contributed by atoms with Crippen molar-refractivity contribution in [2.24, 2.45) is 5.92 Å². The maximum absolute atomic E-state index is 11.6. The normalized spacial score (nSPS) is 20.1. The highest BCUT2D eigenvalue weighted by atomic mass is 16.2. The number of hydrogen-bond donors (Lipinski definition) is 1. The standard InChI is InChI=1S/C11H19NO2/c1-8(9(2)13)12-11(14)10-6-4-3-5-7-10/h8,10H,3-7H2,1-2H3,(H,12,14)/t8-/m0/s1. The highest BCUT2D eigenvalue weighted by Crippen LogP contribution is 2.23. The highest BCUT2D eigenvalue weighted by Gasteiger charge is 2.22. The van der Waals surface area contributed by atoms with Crippen LogP contribution in [0.25, 0.3) is 0 Å². The molecule has 1 fully saturated rings. The van der Waals surface area contributed by atoms with Gasteiger partial charge in [0.15, 0.2) is 5.78 Å². The van der Waals surface area contributed by atoms with E-state index < -0.39 is 0 Å². The van der Waals surface area contributed by atoms with Crippen LogP contribution in [0.15, 0.2) is 0 Å². The summed E-state index contributed by atoms with van der Waals surface area (Å²) in [6, 6.07) is -0.329. The summed E-state index contributed by atoms with van der Waals surface area (Å²) in [6.45, 7) is 3.24. The van der Waals surface area contributed by atoms with Crippen LogP contribution in [0.5, 0.6) is 0 Å². The fourth-order valence-corrected chi connectivity index (χ4v) is 1.80. The van der Waals surface area contributed by atoms with E-state index >= 15 is 0 Å². The van der Waals surface area contributed by atoms with Crippen LogP contribution in [-0.4, -0.2) is 17.7 Å². The van der Waals surface area contributed by atoms with Gasteiger partial charge in [0.05, 0.1) is 6.04 Å². The van der Waals surface area contributed by atoms with Crippen LogP contribution in [0, 0.1) is 5.92 Å². The zero-order chi connectivity index (χ0) is 10.6. The number of ketones is 1. The lowest BCUT2D eigenvalue weighted by Crippen LogP contribution is -2.41. The van der Waals surface area contributed by atoms with Crippen molar-refractivity contribution in [3.8, 4) is 0 Å². The second-order valence-electron chi connectivity index (χ2n) is 4.18. The summed E-state index contributed by atoms with van der Waals surface area (Å²) in [7, 11) is 0. The largest absolute Gasteiger partial charge is 0.346 e. The van der Waals surface area contributed by atoms with Gasteiger partial charge in [0, 0.05) is 5.92 Å². The van der Waals surface area contributed by atoms with E-state index in [1.807, 2.05) is 0 Å². The van der Waals surface area contributed by atoms with Crippen molar-refractivity contribution in [2.45, 2.75) is 52.0 Å². The SMILES string of the molecule is CC(=O)[C@H](C)NC(=O)C1CCCCC1. The first-order valence-electron chi connectivity index (χ1n) is 5.42. The molecule has 1 atom stereocenters. The van der Waals surface area contributed by atoms with Gasteiger partial charge in [0.1, 0.15) is 0 Å². The number of Topliss-reactive ketones (excluding diaryl/α,β-unsaturated/α-hetero) is 1. The van der Waals surface area contributed by atoms with E-state index in [4.69, 9.17) is 0 Å². The van der Waals surface area contributed by atoms with Crippen molar-refractivity contribution in [3.63, 3.8) is 0 Å². The first-order chi connectivity index (χ1) is 6.61. The molecule has 0 aromatic carbocycles. The molecule has 0 unspecified atom stereocenters. The van der Waals surface area contributed by atoms with E-state index in [9.17, 15) is 9.59 Å². The minimum Gasteiger partial charge on any atom is -0.346 e. The van der Waals surface area contributed by atoms with Gasteiger partial charge in [0.2, 0.25) is 5.91 Å². The van der Waals surface area contributed by atoms with E-state index in [1.165, 1.54) is 13.3 Å². The Balaban J connectivity index is 2.36. The van der Waals surface area contributed by atoms with Crippen LogP contribution < -0.4 is 5.32 Å². The summed E-state index contributed by atoms with van der Waals surface area (Å²) in [5.74, 6) is 0.229. The second kappa shape index (κ2) is 5.13. The monoisotopic (exact) mass is 197 g/mol. The van der Waals surface area contributed by atoms with Gasteiger partial charge in [-0.25, -0.2) is 0 Å². The molecule has 1 N–H and O–H groups in total. The Morgan fingerprint density at radius 3 is 2.29 bits per heavy atom. The lowest BCUT2D eigenvalue weighted by atomic mass is 9.88. The van der Waals surface area contributed by atoms with Gasteiger partial charge in [-0.3, -0.25) is 9.59 Å². The zero-order valence-electron chi connectivity index (χ0n) is 9.01. The molecule has 0 bridgehead atoms. The number of hydrogen-bond acceptors (Lipinski definition) is 2. The number of carbonyl (C=O) groups is 2. The van der Waals surface area contributed by atoms with Crippen molar-refractivity contribution in [1.29, 1.82) is 0 Å². The van der Waals surface area contributed by atoms with Crippen LogP contribution in [0.3, 0.4) is 0 Å². The molecule has 3 nitrogen and oxygen atoms in total. The van der Waals surface area contributed by atoms with E-state index in [0.717, 1.165) is 25.7 Å². The first-order valence-corrected chi connectivity index (χ1v) is 5.42. The van der Waals surface area contributed by atoms with Gasteiger partial charge in [0.25, 0.3) is 0 Å². The third kappa shape index (κ3) is 3.13. The van der Waals surface area contributed by atoms with Crippen molar-refractivity contribution in [1.82, 2.24) is 5.32 Å². The summed E-state index contributed by atoms with van der Waals surface area (Å²) in [4.78, 5) is 22.6. The molecule has 0 aromatic heterocycles. The van der Waals surface area contributed by atoms with Crippen molar-refractivity contribution >= 4 is 11.7 Å². The summed E-state index contributed by atoms with van der Waals surface area (Å²) in [5, 5.41) is 2.76. The molecule has 1 amide bonds. The minimum atomic E-state index is -0.329. The Morgan fingerprint density at radius 2 is 1.79 bits per heavy atom. The van der Waals surface area contributed by atoms with Crippen molar-refractivity contribution in [2.75, 3.05) is 0 Å². The van der Waals surface area contributed by atoms with Gasteiger partial charge in [-0.1, -0.05) is 19.3 Å². The topological polar surface area (TPSA) is 46.2 Å². The molecular formula is C11H19NO2. The molecule has 0 spiro atoms. The molecule has 0 heterocycles. The molecule has 1 aliphatic rings. The Labute approximate surface area is 85.3 Å². The van der Waals surface area contributed by atoms with Gasteiger partial charge in [-0.15, -0.1) is 0 Å². The van der Waals surface area contributed by atoms with Gasteiger partial charge < -0.3 is 5.32 Å². The second-order valence-corrected chi connectivity index (χ2v) is 4.18. The maximum atomic E-state index is 11.6. The summed E-state index contributed by atoms with van der Waals surface area (Å²) in [5.41, 5.74) is 0. The third-order valence-corrected chi connectivity index (χ3v) is 2.94. The molecule has 1 rings (SSSR count). The fourth-order valence-electron chi connectivity index (χ4n) is 1.80. The van der Waals surface area contributed by atoms with Gasteiger partial charge in [-0.2, -0.15) is 0 Å². The maximum Gasteiger partial charge on any atom is 0.223 e. The molecule has 0 aliphatic heterocycles. The van der Waals surface area contributed by atoms with Crippen molar-refractivity contribution in [3.05, 3.63) is 0 Å². The van der Waals surface area contributed by atoms with Crippen LogP contribution in [-0.2, 0) is 9.59 Å². The van der Waals surface area contributed by atoms with Crippen LogP contribution in [0.4, 0.5) is 0 Å². The number of carbonyl (C=O) groups excluding carboxylic acids is 2. The van der Waals surface area contributed by atoms with Gasteiger partial charge >= 0.3 is 0 Å². The number of amides is 1. The Morgan fingerprint density at radius 1 is 1.21 bits per heavy atom. The molecule has 1 saturated carbocycles. The van der Waals surface area contributed by atoms with Gasteiger partial charge in [-0.05, 0) is 26.7 Å². The summed E-state index contributed by atoms with van der Waals surface area (Å²) < 4.78 is 0. The Bertz CT molecular complexity index is 219.